The van der Waals surface area contributed by atoms with Gasteiger partial charge in [-0.25, -0.2) is 0 Å². The van der Waals surface area contributed by atoms with E-state index >= 15 is 0 Å². The van der Waals surface area contributed by atoms with Gasteiger partial charge in [0, 0.05) is 67.4 Å². The van der Waals surface area contributed by atoms with E-state index in [9.17, 15) is 9.59 Å². The predicted octanol–water partition coefficient (Wildman–Crippen LogP) is 2.45. The highest BCUT2D eigenvalue weighted by Crippen LogP contribution is 2.28. The Kier molecular flexibility index (Phi) is 4.85. The number of nitrogens with zero attached hydrogens (tertiary/aromatic N) is 3. The fraction of sp³-hybridized carbons (Fsp3) is 0.316. The van der Waals surface area contributed by atoms with Crippen molar-refractivity contribution in [3.63, 3.8) is 0 Å². The van der Waals surface area contributed by atoms with Crippen LogP contribution in [0.2, 0.25) is 5.02 Å². The lowest BCUT2D eigenvalue weighted by Gasteiger charge is -2.36. The van der Waals surface area contributed by atoms with Crippen LogP contribution < -0.4 is 10.5 Å². The summed E-state index contributed by atoms with van der Waals surface area (Å²) in [6.45, 7) is 2.83. The fourth-order valence-electron chi connectivity index (χ4n) is 3.41. The highest BCUT2D eigenvalue weighted by molar-refractivity contribution is 6.31. The van der Waals surface area contributed by atoms with Crippen molar-refractivity contribution in [2.45, 2.75) is 12.8 Å². The second-order valence-electron chi connectivity index (χ2n) is 6.54. The van der Waals surface area contributed by atoms with Crippen LogP contribution in [0.15, 0.2) is 45.8 Å². The molecule has 2 aromatic heterocycles. The SMILES string of the molecule is O=C(CCc1cc(=O)[nH]o1)N1CCN(c2ccnc3cc(Cl)ccc23)CC1. The van der Waals surface area contributed by atoms with Crippen LogP contribution in [0, 0.1) is 0 Å². The number of nitrogens with one attached hydrogen (secondary N) is 1. The third kappa shape index (κ3) is 3.83. The first kappa shape index (κ1) is 17.6. The normalized spacial score (nSPS) is 14.7. The molecule has 1 amide bonds. The van der Waals surface area contributed by atoms with Gasteiger partial charge in [0.2, 0.25) is 5.91 Å². The maximum absolute atomic E-state index is 12.4. The van der Waals surface area contributed by atoms with Gasteiger partial charge in [-0.2, -0.15) is 5.16 Å². The fourth-order valence-corrected chi connectivity index (χ4v) is 3.58. The van der Waals surface area contributed by atoms with E-state index in [4.69, 9.17) is 16.1 Å². The van der Waals surface area contributed by atoms with E-state index in [1.165, 1.54) is 6.07 Å². The molecule has 1 aliphatic rings. The number of halogens is 1. The predicted molar refractivity (Wildman–Crippen MR) is 103 cm³/mol. The Hall–Kier alpha value is -2.80. The molecule has 0 spiro atoms. The molecule has 0 radical (unpaired) electrons. The lowest BCUT2D eigenvalue weighted by atomic mass is 10.1. The Morgan fingerprint density at radius 2 is 2.00 bits per heavy atom. The second-order valence-corrected chi connectivity index (χ2v) is 6.97. The van der Waals surface area contributed by atoms with Crippen molar-refractivity contribution >= 4 is 34.1 Å². The van der Waals surface area contributed by atoms with Gasteiger partial charge in [0.25, 0.3) is 5.56 Å². The number of pyridine rings is 1. The van der Waals surface area contributed by atoms with Gasteiger partial charge in [-0.3, -0.25) is 14.6 Å². The smallest absolute Gasteiger partial charge is 0.280 e. The Morgan fingerprint density at radius 1 is 1.19 bits per heavy atom. The minimum Gasteiger partial charge on any atom is -0.384 e. The number of hydrogen-bond acceptors (Lipinski definition) is 5. The molecule has 1 aromatic carbocycles. The average Bonchev–Trinajstić information content (AvgIpc) is 3.11. The highest BCUT2D eigenvalue weighted by atomic mass is 35.5. The summed E-state index contributed by atoms with van der Waals surface area (Å²) >= 11 is 6.06. The number of fused-ring (bicyclic) bond motifs is 1. The van der Waals surface area contributed by atoms with Crippen LogP contribution in [-0.2, 0) is 11.2 Å². The summed E-state index contributed by atoms with van der Waals surface area (Å²) < 4.78 is 4.99. The number of aryl methyl sites for hydroxylation is 1. The Morgan fingerprint density at radius 3 is 2.74 bits per heavy atom. The van der Waals surface area contributed by atoms with E-state index in [2.05, 4.69) is 15.0 Å². The van der Waals surface area contributed by atoms with E-state index in [-0.39, 0.29) is 11.5 Å². The van der Waals surface area contributed by atoms with Crippen molar-refractivity contribution in [3.05, 3.63) is 57.7 Å². The molecule has 27 heavy (non-hydrogen) atoms. The zero-order valence-electron chi connectivity index (χ0n) is 14.7. The van der Waals surface area contributed by atoms with Crippen molar-refractivity contribution in [1.29, 1.82) is 0 Å². The molecule has 1 saturated heterocycles. The topological polar surface area (TPSA) is 82.4 Å². The van der Waals surface area contributed by atoms with Crippen LogP contribution in [-0.4, -0.2) is 47.1 Å². The van der Waals surface area contributed by atoms with Gasteiger partial charge in [0.05, 0.1) is 5.52 Å². The minimum atomic E-state index is -0.281. The molecule has 3 aromatic rings. The molecule has 1 N–H and O–H groups in total. The van der Waals surface area contributed by atoms with Gasteiger partial charge in [-0.15, -0.1) is 0 Å². The molecule has 0 unspecified atom stereocenters. The molecule has 1 fully saturated rings. The molecule has 7 nitrogen and oxygen atoms in total. The number of anilines is 1. The summed E-state index contributed by atoms with van der Waals surface area (Å²) in [6, 6.07) is 9.10. The molecule has 0 bridgehead atoms. The number of aromatic amines is 1. The third-order valence-corrected chi connectivity index (χ3v) is 5.05. The molecular formula is C19H19ClN4O3. The summed E-state index contributed by atoms with van der Waals surface area (Å²) in [5.41, 5.74) is 1.70. The first-order valence-corrected chi connectivity index (χ1v) is 9.22. The van der Waals surface area contributed by atoms with E-state index in [1.807, 2.05) is 29.2 Å². The van der Waals surface area contributed by atoms with Gasteiger partial charge in [-0.1, -0.05) is 11.6 Å². The van der Waals surface area contributed by atoms with Crippen molar-refractivity contribution in [1.82, 2.24) is 15.0 Å². The van der Waals surface area contributed by atoms with Crippen LogP contribution in [0.4, 0.5) is 5.69 Å². The minimum absolute atomic E-state index is 0.0740. The van der Waals surface area contributed by atoms with Crippen molar-refractivity contribution in [2.75, 3.05) is 31.1 Å². The standard InChI is InChI=1S/C19H19ClN4O3/c20-13-1-3-15-16(11-13)21-6-5-17(15)23-7-9-24(10-8-23)19(26)4-2-14-12-18(25)22-27-14/h1,3,5-6,11-12H,2,4,7-10H2,(H,22,25). The molecule has 3 heterocycles. The summed E-state index contributed by atoms with van der Waals surface area (Å²) in [4.78, 5) is 32.0. The average molecular weight is 387 g/mol. The Bertz CT molecular complexity index is 1020. The third-order valence-electron chi connectivity index (χ3n) is 4.81. The van der Waals surface area contributed by atoms with Gasteiger partial charge >= 0.3 is 0 Å². The number of amides is 1. The second kappa shape index (κ2) is 7.44. The molecular weight excluding hydrogens is 368 g/mol. The Balaban J connectivity index is 1.39. The number of carbonyl (C=O) groups is 1. The number of rotatable bonds is 4. The molecule has 0 saturated carbocycles. The van der Waals surface area contributed by atoms with Gasteiger partial charge in [-0.05, 0) is 24.3 Å². The molecule has 8 heteroatoms. The van der Waals surface area contributed by atoms with Gasteiger partial charge < -0.3 is 14.3 Å². The van der Waals surface area contributed by atoms with Crippen LogP contribution in [0.3, 0.4) is 0 Å². The summed E-state index contributed by atoms with van der Waals surface area (Å²) in [7, 11) is 0. The largest absolute Gasteiger partial charge is 0.384 e. The molecule has 1 aliphatic heterocycles. The lowest BCUT2D eigenvalue weighted by Crippen LogP contribution is -2.48. The number of hydrogen-bond donors (Lipinski definition) is 1. The van der Waals surface area contributed by atoms with Crippen LogP contribution in [0.25, 0.3) is 10.9 Å². The first-order valence-electron chi connectivity index (χ1n) is 8.84. The van der Waals surface area contributed by atoms with Gasteiger partial charge in [0.1, 0.15) is 5.76 Å². The van der Waals surface area contributed by atoms with Crippen molar-refractivity contribution in [2.24, 2.45) is 0 Å². The molecule has 140 valence electrons. The van der Waals surface area contributed by atoms with E-state index < -0.39 is 0 Å². The maximum atomic E-state index is 12.4. The zero-order valence-corrected chi connectivity index (χ0v) is 15.4. The molecule has 4 rings (SSSR count). The molecule has 0 aliphatic carbocycles. The summed E-state index contributed by atoms with van der Waals surface area (Å²) in [5.74, 6) is 0.582. The number of aromatic nitrogens is 2. The zero-order chi connectivity index (χ0) is 18.8. The quantitative estimate of drug-likeness (QED) is 0.744. The maximum Gasteiger partial charge on any atom is 0.280 e. The van der Waals surface area contributed by atoms with Crippen LogP contribution in [0.1, 0.15) is 12.2 Å². The van der Waals surface area contributed by atoms with Crippen molar-refractivity contribution < 1.29 is 9.32 Å². The van der Waals surface area contributed by atoms with Crippen molar-refractivity contribution in [3.8, 4) is 0 Å². The lowest BCUT2D eigenvalue weighted by molar-refractivity contribution is -0.131. The number of benzene rings is 1. The van der Waals surface area contributed by atoms with Crippen LogP contribution in [0.5, 0.6) is 0 Å². The van der Waals surface area contributed by atoms with E-state index in [1.54, 1.807) is 6.20 Å². The van der Waals surface area contributed by atoms with E-state index in [0.717, 1.165) is 29.7 Å². The van der Waals surface area contributed by atoms with E-state index in [0.29, 0.717) is 36.7 Å². The Labute approximate surface area is 160 Å². The monoisotopic (exact) mass is 386 g/mol. The number of piperazine rings is 1. The molecule has 0 atom stereocenters. The van der Waals surface area contributed by atoms with Gasteiger partial charge in [0.15, 0.2) is 0 Å². The highest BCUT2D eigenvalue weighted by Gasteiger charge is 2.22. The first-order chi connectivity index (χ1) is 13.1. The number of H-pyrrole nitrogens is 1. The number of carbonyl (C=O) groups excluding carboxylic acids is 1. The summed E-state index contributed by atoms with van der Waals surface area (Å²) in [6.07, 6.45) is 2.54. The summed E-state index contributed by atoms with van der Waals surface area (Å²) in [5, 5.41) is 3.97. The van der Waals surface area contributed by atoms with Crippen LogP contribution >= 0.6 is 11.6 Å².